The summed E-state index contributed by atoms with van der Waals surface area (Å²) in [6.45, 7) is 6.99. The third-order valence-corrected chi connectivity index (χ3v) is 2.48. The van der Waals surface area contributed by atoms with Crippen LogP contribution in [0.2, 0.25) is 0 Å². The van der Waals surface area contributed by atoms with Crippen molar-refractivity contribution in [3.8, 4) is 0 Å². The van der Waals surface area contributed by atoms with E-state index in [-0.39, 0.29) is 13.2 Å². The van der Waals surface area contributed by atoms with Crippen molar-refractivity contribution in [2.75, 3.05) is 31.2 Å². The molecule has 5 heteroatoms. The summed E-state index contributed by atoms with van der Waals surface area (Å²) in [5.74, 6) is 0.914. The molecule has 0 amide bonds. The molecule has 0 saturated carbocycles. The minimum absolute atomic E-state index is 0.0221. The van der Waals surface area contributed by atoms with Gasteiger partial charge in [-0.2, -0.15) is 0 Å². The molecule has 0 aliphatic carbocycles. The number of anilines is 1. The molecule has 0 bridgehead atoms. The third-order valence-electron chi connectivity index (χ3n) is 2.48. The first-order chi connectivity index (χ1) is 8.08. The van der Waals surface area contributed by atoms with Gasteiger partial charge in [-0.25, -0.2) is 9.97 Å². The van der Waals surface area contributed by atoms with Crippen molar-refractivity contribution >= 4 is 5.95 Å². The molecule has 0 radical (unpaired) electrons. The van der Waals surface area contributed by atoms with Gasteiger partial charge >= 0.3 is 0 Å². The molecule has 1 heterocycles. The van der Waals surface area contributed by atoms with Crippen molar-refractivity contribution in [1.82, 2.24) is 9.97 Å². The van der Waals surface area contributed by atoms with E-state index in [9.17, 15) is 0 Å². The molecule has 2 N–H and O–H groups in total. The van der Waals surface area contributed by atoms with Gasteiger partial charge in [0.2, 0.25) is 5.95 Å². The van der Waals surface area contributed by atoms with Gasteiger partial charge in [0.1, 0.15) is 0 Å². The normalized spacial score (nSPS) is 10.9. The van der Waals surface area contributed by atoms with Crippen LogP contribution in [0.25, 0.3) is 0 Å². The van der Waals surface area contributed by atoms with Gasteiger partial charge in [-0.3, -0.25) is 0 Å². The Morgan fingerprint density at radius 1 is 1.18 bits per heavy atom. The second-order valence-corrected chi connectivity index (χ2v) is 4.32. The first kappa shape index (κ1) is 13.9. The molecular formula is C12H21N3O2. The maximum Gasteiger partial charge on any atom is 0.225 e. The number of rotatable bonds is 6. The molecule has 0 aliphatic heterocycles. The van der Waals surface area contributed by atoms with E-state index < -0.39 is 0 Å². The molecule has 0 atom stereocenters. The zero-order chi connectivity index (χ0) is 12.8. The molecule has 0 fully saturated rings. The summed E-state index contributed by atoms with van der Waals surface area (Å²) in [5, 5.41) is 18.0. The van der Waals surface area contributed by atoms with E-state index in [0.29, 0.717) is 25.0 Å². The van der Waals surface area contributed by atoms with Crippen LogP contribution in [0.15, 0.2) is 6.07 Å². The first-order valence-corrected chi connectivity index (χ1v) is 5.90. The van der Waals surface area contributed by atoms with Crippen molar-refractivity contribution < 1.29 is 10.2 Å². The molecule has 1 aromatic heterocycles. The first-order valence-electron chi connectivity index (χ1n) is 5.90. The summed E-state index contributed by atoms with van der Waals surface area (Å²) in [6.07, 6.45) is 0. The Bertz CT molecular complexity index is 350. The SMILES string of the molecule is Cc1cc(C(C)C)nc(N(CCO)CCO)n1. The Kier molecular flexibility index (Phi) is 5.31. The van der Waals surface area contributed by atoms with Crippen molar-refractivity contribution in [2.45, 2.75) is 26.7 Å². The average Bonchev–Trinajstić information content (AvgIpc) is 2.28. The number of aryl methyl sites for hydroxylation is 1. The van der Waals surface area contributed by atoms with Crippen molar-refractivity contribution in [3.05, 3.63) is 17.5 Å². The number of hydrogen-bond donors (Lipinski definition) is 2. The van der Waals surface area contributed by atoms with E-state index >= 15 is 0 Å². The van der Waals surface area contributed by atoms with E-state index in [2.05, 4.69) is 23.8 Å². The van der Waals surface area contributed by atoms with Gasteiger partial charge in [0, 0.05) is 24.5 Å². The van der Waals surface area contributed by atoms with Crippen LogP contribution in [0.5, 0.6) is 0 Å². The Morgan fingerprint density at radius 2 is 1.76 bits per heavy atom. The highest BCUT2D eigenvalue weighted by Crippen LogP contribution is 2.16. The van der Waals surface area contributed by atoms with Gasteiger partial charge in [-0.1, -0.05) is 13.8 Å². The topological polar surface area (TPSA) is 69.5 Å². The fourth-order valence-electron chi connectivity index (χ4n) is 1.57. The number of hydrogen-bond acceptors (Lipinski definition) is 5. The molecular weight excluding hydrogens is 218 g/mol. The van der Waals surface area contributed by atoms with E-state index in [4.69, 9.17) is 10.2 Å². The lowest BCUT2D eigenvalue weighted by molar-refractivity contribution is 0.280. The van der Waals surface area contributed by atoms with Crippen molar-refractivity contribution in [1.29, 1.82) is 0 Å². The monoisotopic (exact) mass is 239 g/mol. The van der Waals surface area contributed by atoms with Crippen LogP contribution in [-0.4, -0.2) is 46.5 Å². The largest absolute Gasteiger partial charge is 0.395 e. The fraction of sp³-hybridized carbons (Fsp3) is 0.667. The fourth-order valence-corrected chi connectivity index (χ4v) is 1.57. The molecule has 1 rings (SSSR count). The molecule has 96 valence electrons. The second kappa shape index (κ2) is 6.51. The highest BCUT2D eigenvalue weighted by atomic mass is 16.3. The molecule has 0 unspecified atom stereocenters. The van der Waals surface area contributed by atoms with Crippen LogP contribution in [0.1, 0.15) is 31.2 Å². The summed E-state index contributed by atoms with van der Waals surface area (Å²) >= 11 is 0. The van der Waals surface area contributed by atoms with Gasteiger partial charge in [0.15, 0.2) is 0 Å². The second-order valence-electron chi connectivity index (χ2n) is 4.32. The van der Waals surface area contributed by atoms with E-state index in [1.807, 2.05) is 13.0 Å². The quantitative estimate of drug-likeness (QED) is 0.764. The van der Waals surface area contributed by atoms with Crippen LogP contribution >= 0.6 is 0 Å². The highest BCUT2D eigenvalue weighted by Gasteiger charge is 2.11. The standard InChI is InChI=1S/C12H21N3O2/c1-9(2)11-8-10(3)13-12(14-11)15(4-6-16)5-7-17/h8-9,16-17H,4-7H2,1-3H3. The molecule has 0 spiro atoms. The van der Waals surface area contributed by atoms with Crippen molar-refractivity contribution in [2.24, 2.45) is 0 Å². The molecule has 0 saturated heterocycles. The maximum absolute atomic E-state index is 8.99. The van der Waals surface area contributed by atoms with Gasteiger partial charge < -0.3 is 15.1 Å². The van der Waals surface area contributed by atoms with Crippen LogP contribution in [-0.2, 0) is 0 Å². The summed E-state index contributed by atoms with van der Waals surface area (Å²) in [4.78, 5) is 10.6. The summed E-state index contributed by atoms with van der Waals surface area (Å²) in [7, 11) is 0. The molecule has 5 nitrogen and oxygen atoms in total. The van der Waals surface area contributed by atoms with Gasteiger partial charge in [0.05, 0.1) is 13.2 Å². The third kappa shape index (κ3) is 3.94. The molecule has 1 aromatic rings. The Balaban J connectivity index is 3.00. The van der Waals surface area contributed by atoms with E-state index in [1.165, 1.54) is 0 Å². The van der Waals surface area contributed by atoms with Crippen LogP contribution in [0.4, 0.5) is 5.95 Å². The molecule has 0 aliphatic rings. The smallest absolute Gasteiger partial charge is 0.225 e. The van der Waals surface area contributed by atoms with Gasteiger partial charge in [0.25, 0.3) is 0 Å². The summed E-state index contributed by atoms with van der Waals surface area (Å²) in [5.41, 5.74) is 1.88. The minimum atomic E-state index is 0.0221. The van der Waals surface area contributed by atoms with Crippen molar-refractivity contribution in [3.63, 3.8) is 0 Å². The number of aliphatic hydroxyl groups excluding tert-OH is 2. The van der Waals surface area contributed by atoms with Crippen LogP contribution < -0.4 is 4.90 Å². The predicted molar refractivity (Wildman–Crippen MR) is 67.2 cm³/mol. The molecule has 0 aromatic carbocycles. The number of aromatic nitrogens is 2. The Labute approximate surface area is 102 Å². The predicted octanol–water partition coefficient (Wildman–Crippen LogP) is 0.699. The highest BCUT2D eigenvalue weighted by molar-refractivity contribution is 5.33. The summed E-state index contributed by atoms with van der Waals surface area (Å²) in [6, 6.07) is 1.96. The Hall–Kier alpha value is -1.20. The minimum Gasteiger partial charge on any atom is -0.395 e. The average molecular weight is 239 g/mol. The van der Waals surface area contributed by atoms with Gasteiger partial charge in [-0.05, 0) is 18.9 Å². The Morgan fingerprint density at radius 3 is 2.24 bits per heavy atom. The van der Waals surface area contributed by atoms with Crippen LogP contribution in [0, 0.1) is 6.92 Å². The zero-order valence-electron chi connectivity index (χ0n) is 10.7. The number of nitrogens with zero attached hydrogens (tertiary/aromatic N) is 3. The van der Waals surface area contributed by atoms with Crippen LogP contribution in [0.3, 0.4) is 0 Å². The zero-order valence-corrected chi connectivity index (χ0v) is 10.7. The maximum atomic E-state index is 8.99. The lowest BCUT2D eigenvalue weighted by Gasteiger charge is -2.21. The lowest BCUT2D eigenvalue weighted by atomic mass is 10.1. The van der Waals surface area contributed by atoms with E-state index in [1.54, 1.807) is 4.90 Å². The summed E-state index contributed by atoms with van der Waals surface area (Å²) < 4.78 is 0. The number of aliphatic hydroxyl groups is 2. The van der Waals surface area contributed by atoms with E-state index in [0.717, 1.165) is 11.4 Å². The molecule has 17 heavy (non-hydrogen) atoms. The van der Waals surface area contributed by atoms with Gasteiger partial charge in [-0.15, -0.1) is 0 Å². The lowest BCUT2D eigenvalue weighted by Crippen LogP contribution is -2.31.